The topological polar surface area (TPSA) is 38.5 Å². The second kappa shape index (κ2) is 4.33. The van der Waals surface area contributed by atoms with E-state index in [4.69, 9.17) is 9.26 Å². The molecule has 0 amide bonds. The maximum Gasteiger partial charge on any atom is 0.150 e. The van der Waals surface area contributed by atoms with Crippen LogP contribution in [-0.4, -0.2) is 35.4 Å². The van der Waals surface area contributed by atoms with Crippen molar-refractivity contribution < 1.29 is 9.26 Å². The number of aromatic nitrogens is 1. The fourth-order valence-electron chi connectivity index (χ4n) is 2.12. The number of hydrogen-bond donors (Lipinski definition) is 0. The van der Waals surface area contributed by atoms with Gasteiger partial charge in [0, 0.05) is 19.2 Å². The Morgan fingerprint density at radius 3 is 2.60 bits per heavy atom. The van der Waals surface area contributed by atoms with Gasteiger partial charge in [0.2, 0.25) is 0 Å². The third-order valence-corrected chi connectivity index (χ3v) is 2.55. The normalized spacial score (nSPS) is 28.2. The van der Waals surface area contributed by atoms with E-state index in [2.05, 4.69) is 23.9 Å². The van der Waals surface area contributed by atoms with Crippen LogP contribution in [0.5, 0.6) is 0 Å². The monoisotopic (exact) mass is 210 g/mol. The van der Waals surface area contributed by atoms with E-state index in [1.54, 1.807) is 0 Å². The van der Waals surface area contributed by atoms with Gasteiger partial charge in [-0.1, -0.05) is 5.16 Å². The predicted molar refractivity (Wildman–Crippen MR) is 56.5 cm³/mol. The van der Waals surface area contributed by atoms with Gasteiger partial charge in [-0.25, -0.2) is 0 Å². The van der Waals surface area contributed by atoms with Gasteiger partial charge in [-0.05, 0) is 20.8 Å². The SMILES string of the molecule is Cc1cc(CN2C[C@@H](C)O[C@H](C)C2)on1. The van der Waals surface area contributed by atoms with Gasteiger partial charge >= 0.3 is 0 Å². The zero-order valence-corrected chi connectivity index (χ0v) is 9.56. The van der Waals surface area contributed by atoms with Gasteiger partial charge < -0.3 is 9.26 Å². The van der Waals surface area contributed by atoms with E-state index in [1.807, 2.05) is 13.0 Å². The molecule has 84 valence electrons. The second-order valence-corrected chi connectivity index (χ2v) is 4.39. The van der Waals surface area contributed by atoms with E-state index in [1.165, 1.54) is 0 Å². The molecule has 0 aliphatic carbocycles. The molecule has 0 unspecified atom stereocenters. The highest BCUT2D eigenvalue weighted by molar-refractivity contribution is 5.03. The zero-order chi connectivity index (χ0) is 10.8. The van der Waals surface area contributed by atoms with Crippen LogP contribution in [0.3, 0.4) is 0 Å². The van der Waals surface area contributed by atoms with E-state index in [-0.39, 0.29) is 0 Å². The average Bonchev–Trinajstić information content (AvgIpc) is 2.49. The fourth-order valence-corrected chi connectivity index (χ4v) is 2.12. The molecule has 2 heterocycles. The molecule has 0 bridgehead atoms. The van der Waals surface area contributed by atoms with Gasteiger partial charge in [-0.3, -0.25) is 4.90 Å². The Morgan fingerprint density at radius 2 is 2.07 bits per heavy atom. The lowest BCUT2D eigenvalue weighted by atomic mass is 10.2. The van der Waals surface area contributed by atoms with Crippen LogP contribution >= 0.6 is 0 Å². The van der Waals surface area contributed by atoms with Crippen LogP contribution in [-0.2, 0) is 11.3 Å². The van der Waals surface area contributed by atoms with Crippen LogP contribution in [0, 0.1) is 6.92 Å². The van der Waals surface area contributed by atoms with Crippen molar-refractivity contribution in [3.8, 4) is 0 Å². The molecule has 0 N–H and O–H groups in total. The van der Waals surface area contributed by atoms with Crippen LogP contribution in [0.1, 0.15) is 25.3 Å². The number of hydrogen-bond acceptors (Lipinski definition) is 4. The standard InChI is InChI=1S/C11H18N2O2/c1-8-4-11(15-12-8)7-13-5-9(2)14-10(3)6-13/h4,9-10H,5-7H2,1-3H3/t9-,10-/m1/s1. The number of ether oxygens (including phenoxy) is 1. The lowest BCUT2D eigenvalue weighted by Crippen LogP contribution is -2.44. The summed E-state index contributed by atoms with van der Waals surface area (Å²) >= 11 is 0. The van der Waals surface area contributed by atoms with Crippen molar-refractivity contribution in [3.63, 3.8) is 0 Å². The van der Waals surface area contributed by atoms with E-state index in [9.17, 15) is 0 Å². The number of morpholine rings is 1. The van der Waals surface area contributed by atoms with Crippen molar-refractivity contribution in [1.82, 2.24) is 10.1 Å². The quantitative estimate of drug-likeness (QED) is 0.743. The van der Waals surface area contributed by atoms with Gasteiger partial charge in [0.15, 0.2) is 5.76 Å². The Hall–Kier alpha value is -0.870. The highest BCUT2D eigenvalue weighted by atomic mass is 16.5. The molecule has 0 spiro atoms. The molecular weight excluding hydrogens is 192 g/mol. The third-order valence-electron chi connectivity index (χ3n) is 2.55. The largest absolute Gasteiger partial charge is 0.373 e. The summed E-state index contributed by atoms with van der Waals surface area (Å²) in [6.45, 7) is 8.91. The van der Waals surface area contributed by atoms with Gasteiger partial charge in [0.25, 0.3) is 0 Å². The first kappa shape index (κ1) is 10.6. The molecule has 1 fully saturated rings. The minimum atomic E-state index is 0.303. The number of aryl methyl sites for hydroxylation is 1. The summed E-state index contributed by atoms with van der Waals surface area (Å²) in [5.74, 6) is 0.939. The summed E-state index contributed by atoms with van der Waals surface area (Å²) in [7, 11) is 0. The third kappa shape index (κ3) is 2.79. The first-order valence-electron chi connectivity index (χ1n) is 5.43. The van der Waals surface area contributed by atoms with Crippen molar-refractivity contribution in [2.75, 3.05) is 13.1 Å². The van der Waals surface area contributed by atoms with Crippen LogP contribution in [0.15, 0.2) is 10.6 Å². The van der Waals surface area contributed by atoms with Gasteiger partial charge in [0.1, 0.15) is 0 Å². The Labute approximate surface area is 90.2 Å². The summed E-state index contributed by atoms with van der Waals surface area (Å²) in [6, 6.07) is 1.99. The minimum Gasteiger partial charge on any atom is -0.373 e. The molecular formula is C11H18N2O2. The van der Waals surface area contributed by atoms with E-state index >= 15 is 0 Å². The van der Waals surface area contributed by atoms with E-state index in [0.29, 0.717) is 12.2 Å². The molecule has 1 aromatic heterocycles. The van der Waals surface area contributed by atoms with E-state index < -0.39 is 0 Å². The molecule has 1 aliphatic heterocycles. The Balaban J connectivity index is 1.94. The smallest absolute Gasteiger partial charge is 0.150 e. The number of nitrogens with zero attached hydrogens (tertiary/aromatic N) is 2. The summed E-state index contributed by atoms with van der Waals surface area (Å²) < 4.78 is 10.9. The van der Waals surface area contributed by atoms with Crippen LogP contribution in [0.2, 0.25) is 0 Å². The van der Waals surface area contributed by atoms with Gasteiger partial charge in [0.05, 0.1) is 24.4 Å². The zero-order valence-electron chi connectivity index (χ0n) is 9.56. The first-order chi connectivity index (χ1) is 7.13. The van der Waals surface area contributed by atoms with Crippen molar-refractivity contribution >= 4 is 0 Å². The number of rotatable bonds is 2. The van der Waals surface area contributed by atoms with Crippen molar-refractivity contribution in [2.24, 2.45) is 0 Å². The molecule has 1 aromatic rings. The summed E-state index contributed by atoms with van der Waals surface area (Å²) in [6.07, 6.45) is 0.607. The van der Waals surface area contributed by atoms with Gasteiger partial charge in [-0.2, -0.15) is 0 Å². The molecule has 0 aromatic carbocycles. The van der Waals surface area contributed by atoms with Gasteiger partial charge in [-0.15, -0.1) is 0 Å². The van der Waals surface area contributed by atoms with Crippen LogP contribution in [0.4, 0.5) is 0 Å². The Bertz CT molecular complexity index is 314. The predicted octanol–water partition coefficient (Wildman–Crippen LogP) is 1.59. The first-order valence-corrected chi connectivity index (χ1v) is 5.43. The van der Waals surface area contributed by atoms with Crippen molar-refractivity contribution in [1.29, 1.82) is 0 Å². The summed E-state index contributed by atoms with van der Waals surface area (Å²) in [5.41, 5.74) is 0.944. The van der Waals surface area contributed by atoms with Crippen LogP contribution in [0.25, 0.3) is 0 Å². The minimum absolute atomic E-state index is 0.303. The molecule has 2 atom stereocenters. The summed E-state index contributed by atoms with van der Waals surface area (Å²) in [5, 5.41) is 3.89. The molecule has 15 heavy (non-hydrogen) atoms. The average molecular weight is 210 g/mol. The molecule has 4 nitrogen and oxygen atoms in total. The Kier molecular flexibility index (Phi) is 3.07. The fraction of sp³-hybridized carbons (Fsp3) is 0.727. The maximum absolute atomic E-state index is 5.67. The lowest BCUT2D eigenvalue weighted by molar-refractivity contribution is -0.0721. The second-order valence-electron chi connectivity index (χ2n) is 4.39. The molecule has 1 aliphatic rings. The van der Waals surface area contributed by atoms with Crippen molar-refractivity contribution in [2.45, 2.75) is 39.5 Å². The molecule has 2 rings (SSSR count). The highest BCUT2D eigenvalue weighted by Gasteiger charge is 2.22. The highest BCUT2D eigenvalue weighted by Crippen LogP contribution is 2.14. The van der Waals surface area contributed by atoms with Crippen molar-refractivity contribution in [3.05, 3.63) is 17.5 Å². The molecule has 1 saturated heterocycles. The molecule has 0 saturated carbocycles. The molecule has 4 heteroatoms. The Morgan fingerprint density at radius 1 is 1.40 bits per heavy atom. The van der Waals surface area contributed by atoms with Crippen LogP contribution < -0.4 is 0 Å². The molecule has 0 radical (unpaired) electrons. The van der Waals surface area contributed by atoms with E-state index in [0.717, 1.165) is 31.1 Å². The maximum atomic E-state index is 5.67. The lowest BCUT2D eigenvalue weighted by Gasteiger charge is -2.34. The summed E-state index contributed by atoms with van der Waals surface area (Å²) in [4.78, 5) is 2.35.